The number of nitrogens with two attached hydrogens (primary N) is 1. The average molecular weight is 258 g/mol. The summed E-state index contributed by atoms with van der Waals surface area (Å²) in [5, 5.41) is 9.07. The lowest BCUT2D eigenvalue weighted by atomic mass is 10.1. The van der Waals surface area contributed by atoms with Crippen molar-refractivity contribution in [2.24, 2.45) is 5.73 Å². The second-order valence-corrected chi connectivity index (χ2v) is 4.08. The van der Waals surface area contributed by atoms with Crippen molar-refractivity contribution in [1.29, 1.82) is 0 Å². The number of carbonyl (C=O) groups excluding carboxylic acids is 1. The maximum Gasteiger partial charge on any atom is 0.254 e. The number of benzene rings is 1. The highest BCUT2D eigenvalue weighted by Gasteiger charge is 2.14. The fourth-order valence-electron chi connectivity index (χ4n) is 1.73. The number of hydrogen-bond donors (Lipinski definition) is 2. The van der Waals surface area contributed by atoms with E-state index in [1.165, 1.54) is 0 Å². The van der Waals surface area contributed by atoms with E-state index < -0.39 is 5.91 Å². The number of hydrogen-bond acceptors (Lipinski definition) is 4. The smallest absolute Gasteiger partial charge is 0.254 e. The van der Waals surface area contributed by atoms with Gasteiger partial charge in [0.2, 0.25) is 5.88 Å². The van der Waals surface area contributed by atoms with Crippen molar-refractivity contribution in [3.05, 3.63) is 53.2 Å². The van der Waals surface area contributed by atoms with Gasteiger partial charge < -0.3 is 15.6 Å². The Morgan fingerprint density at radius 1 is 1.42 bits per heavy atom. The molecule has 1 heterocycles. The van der Waals surface area contributed by atoms with Gasteiger partial charge in [0.15, 0.2) is 0 Å². The molecule has 0 radical (unpaired) electrons. The van der Waals surface area contributed by atoms with Crippen LogP contribution < -0.4 is 10.5 Å². The predicted octanol–water partition coefficient (Wildman–Crippen LogP) is 1.77. The lowest BCUT2D eigenvalue weighted by Gasteiger charge is -2.10. The molecule has 0 aliphatic carbocycles. The van der Waals surface area contributed by atoms with Gasteiger partial charge in [0.25, 0.3) is 5.91 Å². The number of primary amides is 1. The van der Waals surface area contributed by atoms with Crippen molar-refractivity contribution in [2.75, 3.05) is 0 Å². The Bertz CT molecular complexity index is 611. The zero-order valence-electron chi connectivity index (χ0n) is 10.5. The van der Waals surface area contributed by atoms with E-state index in [9.17, 15) is 4.79 Å². The average Bonchev–Trinajstić information content (AvgIpc) is 2.38. The molecule has 0 saturated carbocycles. The van der Waals surface area contributed by atoms with Gasteiger partial charge >= 0.3 is 0 Å². The third-order valence-electron chi connectivity index (χ3n) is 2.67. The topological polar surface area (TPSA) is 85.4 Å². The molecule has 19 heavy (non-hydrogen) atoms. The maximum absolute atomic E-state index is 11.4. The highest BCUT2D eigenvalue weighted by Crippen LogP contribution is 2.25. The van der Waals surface area contributed by atoms with Crippen LogP contribution in [0.5, 0.6) is 11.6 Å². The standard InChI is InChI=1S/C14H14N2O3/c1-9-5-6-16-14(12(9)13(15)18)19-11-4-2-3-10(7-11)8-17/h2-7,17H,8H2,1H3,(H2,15,18). The minimum Gasteiger partial charge on any atom is -0.438 e. The van der Waals surface area contributed by atoms with Gasteiger partial charge in [0, 0.05) is 6.20 Å². The van der Waals surface area contributed by atoms with Crippen molar-refractivity contribution in [3.63, 3.8) is 0 Å². The summed E-state index contributed by atoms with van der Waals surface area (Å²) in [7, 11) is 0. The Morgan fingerprint density at radius 3 is 2.89 bits per heavy atom. The number of rotatable bonds is 4. The summed E-state index contributed by atoms with van der Waals surface area (Å²) < 4.78 is 5.57. The first kappa shape index (κ1) is 13.0. The van der Waals surface area contributed by atoms with Gasteiger partial charge in [-0.1, -0.05) is 12.1 Å². The quantitative estimate of drug-likeness (QED) is 0.875. The van der Waals surface area contributed by atoms with Crippen LogP contribution in [-0.2, 0) is 6.61 Å². The molecule has 1 amide bonds. The van der Waals surface area contributed by atoms with Crippen LogP contribution in [0, 0.1) is 6.92 Å². The number of amides is 1. The van der Waals surface area contributed by atoms with E-state index in [2.05, 4.69) is 4.98 Å². The predicted molar refractivity (Wildman–Crippen MR) is 69.9 cm³/mol. The Kier molecular flexibility index (Phi) is 3.77. The normalized spacial score (nSPS) is 10.2. The van der Waals surface area contributed by atoms with E-state index in [0.29, 0.717) is 16.9 Å². The van der Waals surface area contributed by atoms with Gasteiger partial charge in [0.05, 0.1) is 6.61 Å². The van der Waals surface area contributed by atoms with E-state index >= 15 is 0 Å². The monoisotopic (exact) mass is 258 g/mol. The molecule has 0 atom stereocenters. The van der Waals surface area contributed by atoms with Crippen LogP contribution in [0.3, 0.4) is 0 Å². The number of aliphatic hydroxyl groups is 1. The summed E-state index contributed by atoms with van der Waals surface area (Å²) in [6.45, 7) is 1.68. The van der Waals surface area contributed by atoms with Crippen molar-refractivity contribution >= 4 is 5.91 Å². The Morgan fingerprint density at radius 2 is 2.21 bits per heavy atom. The zero-order chi connectivity index (χ0) is 13.8. The highest BCUT2D eigenvalue weighted by atomic mass is 16.5. The molecule has 2 rings (SSSR count). The number of aromatic nitrogens is 1. The van der Waals surface area contributed by atoms with Crippen molar-refractivity contribution in [1.82, 2.24) is 4.98 Å². The molecule has 2 aromatic rings. The van der Waals surface area contributed by atoms with E-state index in [1.807, 2.05) is 0 Å². The molecule has 0 saturated heterocycles. The van der Waals surface area contributed by atoms with Crippen LogP contribution in [0.1, 0.15) is 21.5 Å². The zero-order valence-corrected chi connectivity index (χ0v) is 10.5. The molecular weight excluding hydrogens is 244 g/mol. The van der Waals surface area contributed by atoms with Gasteiger partial charge in [-0.2, -0.15) is 0 Å². The molecular formula is C14H14N2O3. The molecule has 1 aromatic heterocycles. The summed E-state index contributed by atoms with van der Waals surface area (Å²) >= 11 is 0. The molecule has 0 aliphatic rings. The molecule has 0 unspecified atom stereocenters. The van der Waals surface area contributed by atoms with E-state index in [1.54, 1.807) is 43.5 Å². The van der Waals surface area contributed by atoms with Gasteiger partial charge in [-0.05, 0) is 36.2 Å². The number of nitrogens with zero attached hydrogens (tertiary/aromatic N) is 1. The van der Waals surface area contributed by atoms with Crippen LogP contribution in [0.15, 0.2) is 36.5 Å². The maximum atomic E-state index is 11.4. The van der Waals surface area contributed by atoms with Crippen LogP contribution in [0.25, 0.3) is 0 Å². The van der Waals surface area contributed by atoms with Gasteiger partial charge in [-0.25, -0.2) is 4.98 Å². The molecule has 0 fully saturated rings. The number of aliphatic hydroxyl groups excluding tert-OH is 1. The number of aryl methyl sites for hydroxylation is 1. The van der Waals surface area contributed by atoms with E-state index in [4.69, 9.17) is 15.6 Å². The van der Waals surface area contributed by atoms with Crippen LogP contribution in [0.2, 0.25) is 0 Å². The van der Waals surface area contributed by atoms with E-state index in [0.717, 1.165) is 0 Å². The molecule has 5 nitrogen and oxygen atoms in total. The summed E-state index contributed by atoms with van der Waals surface area (Å²) in [6, 6.07) is 8.60. The molecule has 98 valence electrons. The molecule has 0 aliphatic heterocycles. The van der Waals surface area contributed by atoms with Gasteiger partial charge in [0.1, 0.15) is 11.3 Å². The van der Waals surface area contributed by atoms with E-state index in [-0.39, 0.29) is 18.1 Å². The summed E-state index contributed by atoms with van der Waals surface area (Å²) in [5.41, 5.74) is 7.01. The molecule has 5 heteroatoms. The summed E-state index contributed by atoms with van der Waals surface area (Å²) in [6.07, 6.45) is 1.55. The highest BCUT2D eigenvalue weighted by molar-refractivity contribution is 5.96. The fraction of sp³-hybridized carbons (Fsp3) is 0.143. The molecule has 0 spiro atoms. The second kappa shape index (κ2) is 5.49. The van der Waals surface area contributed by atoms with Gasteiger partial charge in [-0.15, -0.1) is 0 Å². The van der Waals surface area contributed by atoms with Crippen molar-refractivity contribution < 1.29 is 14.6 Å². The molecule has 3 N–H and O–H groups in total. The lowest BCUT2D eigenvalue weighted by Crippen LogP contribution is -2.14. The molecule has 0 bridgehead atoms. The SMILES string of the molecule is Cc1ccnc(Oc2cccc(CO)c2)c1C(N)=O. The van der Waals surface area contributed by atoms with Crippen molar-refractivity contribution in [3.8, 4) is 11.6 Å². The summed E-state index contributed by atoms with van der Waals surface area (Å²) in [5.74, 6) is 0.0775. The Hall–Kier alpha value is -2.40. The minimum absolute atomic E-state index is 0.0822. The number of pyridine rings is 1. The Balaban J connectivity index is 2.38. The molecule has 1 aromatic carbocycles. The summed E-state index contributed by atoms with van der Waals surface area (Å²) in [4.78, 5) is 15.4. The first-order valence-corrected chi connectivity index (χ1v) is 5.75. The first-order valence-electron chi connectivity index (χ1n) is 5.75. The fourth-order valence-corrected chi connectivity index (χ4v) is 1.73. The lowest BCUT2D eigenvalue weighted by molar-refractivity contribution is 0.0997. The minimum atomic E-state index is -0.584. The van der Waals surface area contributed by atoms with Crippen molar-refractivity contribution in [2.45, 2.75) is 13.5 Å². The third-order valence-corrected chi connectivity index (χ3v) is 2.67. The number of ether oxygens (including phenoxy) is 1. The largest absolute Gasteiger partial charge is 0.438 e. The van der Waals surface area contributed by atoms with Crippen LogP contribution in [-0.4, -0.2) is 16.0 Å². The van der Waals surface area contributed by atoms with Crippen LogP contribution >= 0.6 is 0 Å². The number of carbonyl (C=O) groups is 1. The van der Waals surface area contributed by atoms with Crippen LogP contribution in [0.4, 0.5) is 0 Å². The first-order chi connectivity index (χ1) is 9.11. The second-order valence-electron chi connectivity index (χ2n) is 4.08. The van der Waals surface area contributed by atoms with Gasteiger partial charge in [-0.3, -0.25) is 4.79 Å². The third kappa shape index (κ3) is 2.89. The Labute approximate surface area is 110 Å².